The molecule has 0 bridgehead atoms. The van der Waals surface area contributed by atoms with Crippen LogP contribution in [0.25, 0.3) is 10.2 Å². The van der Waals surface area contributed by atoms with Gasteiger partial charge in [0.2, 0.25) is 0 Å². The lowest BCUT2D eigenvalue weighted by Gasteiger charge is -2.32. The van der Waals surface area contributed by atoms with Gasteiger partial charge in [0.05, 0.1) is 15.2 Å². The zero-order valence-corrected chi connectivity index (χ0v) is 14.4. The van der Waals surface area contributed by atoms with Gasteiger partial charge in [-0.15, -0.1) is 11.3 Å². The maximum Gasteiger partial charge on any atom is 0.251 e. The van der Waals surface area contributed by atoms with Crippen LogP contribution >= 0.6 is 22.9 Å². The van der Waals surface area contributed by atoms with Crippen LogP contribution in [-0.2, 0) is 9.53 Å². The smallest absolute Gasteiger partial charge is 0.251 e. The number of fused-ring (bicyclic) bond motifs is 1. The second-order valence-electron chi connectivity index (χ2n) is 6.27. The molecule has 0 N–H and O–H groups in total. The molecule has 2 aromatic rings. The second kappa shape index (κ2) is 6.38. The maximum atomic E-state index is 12.4. The van der Waals surface area contributed by atoms with Crippen molar-refractivity contribution < 1.29 is 9.53 Å². The molecule has 1 atom stereocenters. The van der Waals surface area contributed by atoms with Crippen molar-refractivity contribution in [2.75, 3.05) is 19.7 Å². The van der Waals surface area contributed by atoms with Crippen LogP contribution in [-0.4, -0.2) is 41.6 Å². The molecular weight excluding hydrogens is 332 g/mol. The fourth-order valence-corrected chi connectivity index (χ4v) is 4.70. The van der Waals surface area contributed by atoms with Crippen LogP contribution in [0.3, 0.4) is 0 Å². The van der Waals surface area contributed by atoms with E-state index in [1.807, 2.05) is 23.1 Å². The van der Waals surface area contributed by atoms with Crippen LogP contribution in [0.15, 0.2) is 18.2 Å². The van der Waals surface area contributed by atoms with Crippen LogP contribution in [0.2, 0.25) is 5.02 Å². The molecule has 0 radical (unpaired) electrons. The first-order valence-corrected chi connectivity index (χ1v) is 9.36. The summed E-state index contributed by atoms with van der Waals surface area (Å²) in [4.78, 5) is 19.1. The van der Waals surface area contributed by atoms with E-state index in [1.165, 1.54) is 9.71 Å². The molecule has 6 heteroatoms. The second-order valence-corrected chi connectivity index (χ2v) is 7.76. The van der Waals surface area contributed by atoms with Crippen LogP contribution in [0, 0.1) is 0 Å². The van der Waals surface area contributed by atoms with E-state index in [2.05, 4.69) is 0 Å². The molecule has 2 aliphatic heterocycles. The zero-order valence-electron chi connectivity index (χ0n) is 12.8. The number of benzene rings is 1. The third kappa shape index (κ3) is 3.10. The number of thiazole rings is 1. The average molecular weight is 351 g/mol. The highest BCUT2D eigenvalue weighted by atomic mass is 35.5. The maximum absolute atomic E-state index is 12.4. The number of halogens is 1. The number of carbonyl (C=O) groups is 1. The Kier molecular flexibility index (Phi) is 4.26. The lowest BCUT2D eigenvalue weighted by Crippen LogP contribution is -2.43. The van der Waals surface area contributed by atoms with Crippen LogP contribution in [0.1, 0.15) is 36.6 Å². The molecule has 2 fully saturated rings. The third-order valence-corrected chi connectivity index (χ3v) is 6.16. The Morgan fingerprint density at radius 2 is 2.13 bits per heavy atom. The molecule has 23 heavy (non-hydrogen) atoms. The van der Waals surface area contributed by atoms with E-state index < -0.39 is 0 Å². The minimum atomic E-state index is -0.198. The molecule has 2 saturated heterocycles. The van der Waals surface area contributed by atoms with Gasteiger partial charge < -0.3 is 9.64 Å². The lowest BCUT2D eigenvalue weighted by atomic mass is 9.97. The lowest BCUT2D eigenvalue weighted by molar-refractivity contribution is -0.142. The number of likely N-dealkylation sites (tertiary alicyclic amines) is 1. The summed E-state index contributed by atoms with van der Waals surface area (Å²) in [5.74, 6) is 0.622. The van der Waals surface area contributed by atoms with Gasteiger partial charge in [-0.05, 0) is 43.9 Å². The van der Waals surface area contributed by atoms with Gasteiger partial charge in [-0.3, -0.25) is 4.79 Å². The predicted octanol–water partition coefficient (Wildman–Crippen LogP) is 3.83. The molecule has 3 heterocycles. The fraction of sp³-hybridized carbons (Fsp3) is 0.529. The molecule has 122 valence electrons. The van der Waals surface area contributed by atoms with Crippen molar-refractivity contribution in [2.45, 2.75) is 37.7 Å². The van der Waals surface area contributed by atoms with Crippen molar-refractivity contribution in [3.8, 4) is 0 Å². The molecule has 2 aliphatic rings. The summed E-state index contributed by atoms with van der Waals surface area (Å²) in [5.41, 5.74) is 0.982. The highest BCUT2D eigenvalue weighted by molar-refractivity contribution is 7.18. The van der Waals surface area contributed by atoms with E-state index in [-0.39, 0.29) is 12.0 Å². The predicted molar refractivity (Wildman–Crippen MR) is 92.2 cm³/mol. The summed E-state index contributed by atoms with van der Waals surface area (Å²) in [7, 11) is 0. The molecule has 1 amide bonds. The van der Waals surface area contributed by atoms with Crippen molar-refractivity contribution in [1.29, 1.82) is 0 Å². The molecule has 0 unspecified atom stereocenters. The standard InChI is InChI=1S/C17H19ClN2O2S/c18-12-3-4-15-13(10-12)19-16(23-15)11-5-7-20(8-6-11)17(21)14-2-1-9-22-14/h3-4,10-11,14H,1-2,5-9H2/t14-/m0/s1. The molecule has 0 aliphatic carbocycles. The number of rotatable bonds is 2. The third-order valence-electron chi connectivity index (χ3n) is 4.73. The van der Waals surface area contributed by atoms with Crippen molar-refractivity contribution >= 4 is 39.1 Å². The first kappa shape index (κ1) is 15.4. The highest BCUT2D eigenvalue weighted by Gasteiger charge is 2.31. The minimum absolute atomic E-state index is 0.178. The summed E-state index contributed by atoms with van der Waals surface area (Å²) in [6.07, 6.45) is 3.63. The molecule has 4 rings (SSSR count). The Morgan fingerprint density at radius 1 is 1.30 bits per heavy atom. The van der Waals surface area contributed by atoms with E-state index in [4.69, 9.17) is 21.3 Å². The summed E-state index contributed by atoms with van der Waals surface area (Å²) in [6.45, 7) is 2.33. The Hall–Kier alpha value is -1.17. The zero-order chi connectivity index (χ0) is 15.8. The molecule has 1 aromatic carbocycles. The van der Waals surface area contributed by atoms with Gasteiger partial charge in [0.25, 0.3) is 5.91 Å². The van der Waals surface area contributed by atoms with E-state index in [0.717, 1.165) is 55.9 Å². The number of aromatic nitrogens is 1. The van der Waals surface area contributed by atoms with Gasteiger partial charge in [0, 0.05) is 30.6 Å². The number of ether oxygens (including phenoxy) is 1. The summed E-state index contributed by atoms with van der Waals surface area (Å²) in [6, 6.07) is 5.87. The van der Waals surface area contributed by atoms with Crippen molar-refractivity contribution in [2.24, 2.45) is 0 Å². The minimum Gasteiger partial charge on any atom is -0.368 e. The van der Waals surface area contributed by atoms with E-state index >= 15 is 0 Å². The molecular formula is C17H19ClN2O2S. The van der Waals surface area contributed by atoms with Gasteiger partial charge in [0.15, 0.2) is 0 Å². The van der Waals surface area contributed by atoms with Crippen LogP contribution in [0.4, 0.5) is 0 Å². The Balaban J connectivity index is 1.43. The SMILES string of the molecule is O=C([C@@H]1CCCO1)N1CCC(c2nc3cc(Cl)ccc3s2)CC1. The first-order chi connectivity index (χ1) is 11.2. The monoisotopic (exact) mass is 350 g/mol. The molecule has 0 spiro atoms. The Labute approximate surface area is 144 Å². The van der Waals surface area contributed by atoms with E-state index in [0.29, 0.717) is 5.92 Å². The van der Waals surface area contributed by atoms with Crippen LogP contribution < -0.4 is 0 Å². The Bertz CT molecular complexity index is 718. The van der Waals surface area contributed by atoms with E-state index in [1.54, 1.807) is 11.3 Å². The van der Waals surface area contributed by atoms with Crippen molar-refractivity contribution in [3.63, 3.8) is 0 Å². The largest absolute Gasteiger partial charge is 0.368 e. The van der Waals surface area contributed by atoms with Gasteiger partial charge in [-0.1, -0.05) is 11.6 Å². The Morgan fingerprint density at radius 3 is 2.87 bits per heavy atom. The van der Waals surface area contributed by atoms with Crippen molar-refractivity contribution in [1.82, 2.24) is 9.88 Å². The number of piperidine rings is 1. The van der Waals surface area contributed by atoms with Gasteiger partial charge in [0.1, 0.15) is 6.10 Å². The number of amides is 1. The summed E-state index contributed by atoms with van der Waals surface area (Å²) < 4.78 is 6.70. The number of carbonyl (C=O) groups excluding carboxylic acids is 1. The molecule has 0 saturated carbocycles. The van der Waals surface area contributed by atoms with Gasteiger partial charge >= 0.3 is 0 Å². The highest BCUT2D eigenvalue weighted by Crippen LogP contribution is 2.35. The normalized spacial score (nSPS) is 22.8. The van der Waals surface area contributed by atoms with Crippen molar-refractivity contribution in [3.05, 3.63) is 28.2 Å². The van der Waals surface area contributed by atoms with Gasteiger partial charge in [-0.25, -0.2) is 4.98 Å². The molecule has 1 aromatic heterocycles. The first-order valence-electron chi connectivity index (χ1n) is 8.17. The van der Waals surface area contributed by atoms with Gasteiger partial charge in [-0.2, -0.15) is 0 Å². The van der Waals surface area contributed by atoms with Crippen LogP contribution in [0.5, 0.6) is 0 Å². The number of hydrogen-bond donors (Lipinski definition) is 0. The number of nitrogens with zero attached hydrogens (tertiary/aromatic N) is 2. The number of hydrogen-bond acceptors (Lipinski definition) is 4. The summed E-state index contributed by atoms with van der Waals surface area (Å²) in [5, 5.41) is 1.90. The topological polar surface area (TPSA) is 42.4 Å². The molecule has 4 nitrogen and oxygen atoms in total. The average Bonchev–Trinajstić information content (AvgIpc) is 3.23. The summed E-state index contributed by atoms with van der Waals surface area (Å²) >= 11 is 7.79. The van der Waals surface area contributed by atoms with E-state index in [9.17, 15) is 4.79 Å². The fourth-order valence-electron chi connectivity index (χ4n) is 3.42. The quantitative estimate of drug-likeness (QED) is 0.826.